The molecule has 0 atom stereocenters. The molecule has 0 aliphatic rings. The van der Waals surface area contributed by atoms with Crippen LogP contribution in [0.1, 0.15) is 21.6 Å². The SMILES string of the molecule is COc1ccc(C(=O)N(C)Cc2cnn(C)c2C)cc1[N+](=O)[O-]. The van der Waals surface area contributed by atoms with Gasteiger partial charge >= 0.3 is 5.69 Å². The number of benzene rings is 1. The van der Waals surface area contributed by atoms with Crippen LogP contribution in [-0.2, 0) is 13.6 Å². The van der Waals surface area contributed by atoms with Gasteiger partial charge in [0.2, 0.25) is 0 Å². The monoisotopic (exact) mass is 318 g/mol. The molecule has 2 rings (SSSR count). The van der Waals surface area contributed by atoms with Gasteiger partial charge in [0.25, 0.3) is 5.91 Å². The van der Waals surface area contributed by atoms with Crippen LogP contribution in [0.5, 0.6) is 5.75 Å². The number of aryl methyl sites for hydroxylation is 1. The quantitative estimate of drug-likeness (QED) is 0.620. The van der Waals surface area contributed by atoms with E-state index in [-0.39, 0.29) is 22.9 Å². The third-order valence-electron chi connectivity index (χ3n) is 3.71. The van der Waals surface area contributed by atoms with Gasteiger partial charge in [0.05, 0.1) is 18.2 Å². The summed E-state index contributed by atoms with van der Waals surface area (Å²) >= 11 is 0. The molecule has 0 bridgehead atoms. The zero-order valence-corrected chi connectivity index (χ0v) is 13.4. The van der Waals surface area contributed by atoms with Crippen LogP contribution in [0, 0.1) is 17.0 Å². The Hall–Kier alpha value is -2.90. The van der Waals surface area contributed by atoms with Gasteiger partial charge in [-0.1, -0.05) is 0 Å². The Morgan fingerprint density at radius 1 is 1.48 bits per heavy atom. The second-order valence-electron chi connectivity index (χ2n) is 5.18. The highest BCUT2D eigenvalue weighted by Crippen LogP contribution is 2.28. The minimum atomic E-state index is -0.569. The molecule has 0 fully saturated rings. The summed E-state index contributed by atoms with van der Waals surface area (Å²) in [6.45, 7) is 2.29. The van der Waals surface area contributed by atoms with Crippen molar-refractivity contribution >= 4 is 11.6 Å². The van der Waals surface area contributed by atoms with Crippen molar-refractivity contribution in [3.63, 3.8) is 0 Å². The first kappa shape index (κ1) is 16.5. The molecule has 122 valence electrons. The van der Waals surface area contributed by atoms with Crippen LogP contribution in [0.3, 0.4) is 0 Å². The summed E-state index contributed by atoms with van der Waals surface area (Å²) in [5.74, 6) is -0.184. The Morgan fingerprint density at radius 2 is 2.17 bits per heavy atom. The van der Waals surface area contributed by atoms with E-state index in [0.717, 1.165) is 11.3 Å². The number of nitro benzene ring substituents is 1. The van der Waals surface area contributed by atoms with Crippen LogP contribution < -0.4 is 4.74 Å². The van der Waals surface area contributed by atoms with Crippen molar-refractivity contribution in [2.45, 2.75) is 13.5 Å². The van der Waals surface area contributed by atoms with Crippen molar-refractivity contribution in [1.29, 1.82) is 0 Å². The van der Waals surface area contributed by atoms with Crippen LogP contribution in [0.15, 0.2) is 24.4 Å². The van der Waals surface area contributed by atoms with E-state index in [4.69, 9.17) is 4.74 Å². The molecule has 1 amide bonds. The lowest BCUT2D eigenvalue weighted by Crippen LogP contribution is -2.26. The lowest BCUT2D eigenvalue weighted by molar-refractivity contribution is -0.385. The molecule has 23 heavy (non-hydrogen) atoms. The average Bonchev–Trinajstić information content (AvgIpc) is 2.85. The predicted octanol–water partition coefficient (Wildman–Crippen LogP) is 1.92. The number of carbonyl (C=O) groups excluding carboxylic acids is 1. The number of ether oxygens (including phenoxy) is 1. The maximum atomic E-state index is 12.5. The summed E-state index contributed by atoms with van der Waals surface area (Å²) in [5, 5.41) is 15.2. The molecular formula is C15H18N4O4. The number of hydrogen-bond acceptors (Lipinski definition) is 5. The second-order valence-corrected chi connectivity index (χ2v) is 5.18. The Morgan fingerprint density at radius 3 is 2.70 bits per heavy atom. The van der Waals surface area contributed by atoms with Crippen molar-refractivity contribution in [1.82, 2.24) is 14.7 Å². The highest BCUT2D eigenvalue weighted by Gasteiger charge is 2.20. The van der Waals surface area contributed by atoms with Crippen LogP contribution >= 0.6 is 0 Å². The largest absolute Gasteiger partial charge is 0.490 e. The molecule has 1 aromatic heterocycles. The molecule has 0 radical (unpaired) electrons. The smallest absolute Gasteiger partial charge is 0.311 e. The van der Waals surface area contributed by atoms with E-state index < -0.39 is 4.92 Å². The number of hydrogen-bond donors (Lipinski definition) is 0. The van der Waals surface area contributed by atoms with Crippen molar-refractivity contribution in [3.8, 4) is 5.75 Å². The Bertz CT molecular complexity index is 754. The third-order valence-corrected chi connectivity index (χ3v) is 3.71. The molecule has 8 heteroatoms. The van der Waals surface area contributed by atoms with Gasteiger partial charge in [0.15, 0.2) is 5.75 Å². The summed E-state index contributed by atoms with van der Waals surface area (Å²) in [5.41, 5.74) is 1.89. The van der Waals surface area contributed by atoms with Crippen molar-refractivity contribution < 1.29 is 14.5 Å². The zero-order chi connectivity index (χ0) is 17.1. The number of aromatic nitrogens is 2. The van der Waals surface area contributed by atoms with Crippen LogP contribution in [0.4, 0.5) is 5.69 Å². The lowest BCUT2D eigenvalue weighted by Gasteiger charge is -2.17. The molecule has 0 saturated carbocycles. The molecular weight excluding hydrogens is 300 g/mol. The fourth-order valence-electron chi connectivity index (χ4n) is 2.21. The molecule has 2 aromatic rings. The Labute approximate surface area is 133 Å². The first-order chi connectivity index (χ1) is 10.8. The van der Waals surface area contributed by atoms with Crippen molar-refractivity contribution in [3.05, 3.63) is 51.3 Å². The van der Waals surface area contributed by atoms with Gasteiger partial charge in [-0.05, 0) is 19.1 Å². The number of nitrogens with zero attached hydrogens (tertiary/aromatic N) is 4. The molecule has 0 unspecified atom stereocenters. The Kier molecular flexibility index (Phi) is 4.63. The molecule has 8 nitrogen and oxygen atoms in total. The van der Waals surface area contributed by atoms with Crippen LogP contribution in [-0.4, -0.2) is 39.7 Å². The van der Waals surface area contributed by atoms with E-state index in [1.54, 1.807) is 17.9 Å². The minimum Gasteiger partial charge on any atom is -0.490 e. The van der Waals surface area contributed by atoms with Crippen molar-refractivity contribution in [2.75, 3.05) is 14.2 Å². The second kappa shape index (κ2) is 6.47. The van der Waals surface area contributed by atoms with Gasteiger partial charge < -0.3 is 9.64 Å². The van der Waals surface area contributed by atoms with E-state index in [1.165, 1.54) is 30.2 Å². The maximum absolute atomic E-state index is 12.5. The van der Waals surface area contributed by atoms with E-state index in [9.17, 15) is 14.9 Å². The van der Waals surface area contributed by atoms with Gasteiger partial charge in [-0.3, -0.25) is 19.6 Å². The molecule has 0 N–H and O–H groups in total. The first-order valence-electron chi connectivity index (χ1n) is 6.90. The standard InChI is InChI=1S/C15H18N4O4/c1-10-12(8-16-18(10)3)9-17(2)15(20)11-5-6-14(23-4)13(7-11)19(21)22/h5-8H,9H2,1-4H3. The first-order valence-corrected chi connectivity index (χ1v) is 6.90. The predicted molar refractivity (Wildman–Crippen MR) is 83.4 cm³/mol. The van der Waals surface area contributed by atoms with Gasteiger partial charge in [0.1, 0.15) is 0 Å². The molecule has 0 aliphatic heterocycles. The maximum Gasteiger partial charge on any atom is 0.311 e. The molecule has 0 aliphatic carbocycles. The summed E-state index contributed by atoms with van der Waals surface area (Å²) in [6.07, 6.45) is 1.70. The average molecular weight is 318 g/mol. The minimum absolute atomic E-state index is 0.123. The molecule has 0 spiro atoms. The van der Waals surface area contributed by atoms with E-state index in [1.807, 2.05) is 14.0 Å². The fourth-order valence-corrected chi connectivity index (χ4v) is 2.21. The highest BCUT2D eigenvalue weighted by atomic mass is 16.6. The number of amides is 1. The number of methoxy groups -OCH3 is 1. The van der Waals surface area contributed by atoms with Gasteiger partial charge in [-0.25, -0.2) is 0 Å². The lowest BCUT2D eigenvalue weighted by atomic mass is 10.1. The molecule has 1 heterocycles. The van der Waals surface area contributed by atoms with Crippen LogP contribution in [0.25, 0.3) is 0 Å². The third kappa shape index (κ3) is 3.31. The van der Waals surface area contributed by atoms with E-state index in [0.29, 0.717) is 6.54 Å². The zero-order valence-electron chi connectivity index (χ0n) is 13.4. The number of nitro groups is 1. The summed E-state index contributed by atoms with van der Waals surface area (Å²) in [7, 11) is 4.82. The Balaban J connectivity index is 2.24. The van der Waals surface area contributed by atoms with E-state index in [2.05, 4.69) is 5.10 Å². The van der Waals surface area contributed by atoms with Gasteiger partial charge in [-0.15, -0.1) is 0 Å². The van der Waals surface area contributed by atoms with Gasteiger partial charge in [0, 0.05) is 43.5 Å². The summed E-state index contributed by atoms with van der Waals surface area (Å²) < 4.78 is 6.67. The van der Waals surface area contributed by atoms with Crippen molar-refractivity contribution in [2.24, 2.45) is 7.05 Å². The summed E-state index contributed by atoms with van der Waals surface area (Å²) in [6, 6.07) is 4.17. The molecule has 0 saturated heterocycles. The normalized spacial score (nSPS) is 10.4. The molecule has 1 aromatic carbocycles. The highest BCUT2D eigenvalue weighted by molar-refractivity contribution is 5.95. The number of rotatable bonds is 5. The topological polar surface area (TPSA) is 90.5 Å². The van der Waals surface area contributed by atoms with Gasteiger partial charge in [-0.2, -0.15) is 5.10 Å². The van der Waals surface area contributed by atoms with E-state index >= 15 is 0 Å². The fraction of sp³-hybridized carbons (Fsp3) is 0.333. The van der Waals surface area contributed by atoms with Crippen LogP contribution in [0.2, 0.25) is 0 Å². The summed E-state index contributed by atoms with van der Waals surface area (Å²) in [4.78, 5) is 24.5. The number of carbonyl (C=O) groups is 1.